The number of benzene rings is 3. The van der Waals surface area contributed by atoms with Gasteiger partial charge in [-0.25, -0.2) is 4.79 Å². The molecule has 0 aliphatic carbocycles. The lowest BCUT2D eigenvalue weighted by atomic mass is 10.1. The molecule has 0 saturated heterocycles. The highest BCUT2D eigenvalue weighted by atomic mass is 19.4. The Balaban J connectivity index is 1.42. The average molecular weight is 596 g/mol. The molecule has 4 aromatic rings. The first-order valence-electron chi connectivity index (χ1n) is 13.2. The monoisotopic (exact) mass is 595 g/mol. The van der Waals surface area contributed by atoms with Crippen molar-refractivity contribution in [2.24, 2.45) is 0 Å². The van der Waals surface area contributed by atoms with Gasteiger partial charge >= 0.3 is 12.1 Å². The lowest BCUT2D eigenvalue weighted by Crippen LogP contribution is -2.31. The van der Waals surface area contributed by atoms with E-state index in [1.54, 1.807) is 12.1 Å². The highest BCUT2D eigenvalue weighted by molar-refractivity contribution is 6.22. The maximum absolute atomic E-state index is 13.9. The number of halogens is 3. The fourth-order valence-electron chi connectivity index (χ4n) is 4.56. The van der Waals surface area contributed by atoms with Gasteiger partial charge in [-0.3, -0.25) is 19.3 Å². The molecule has 1 aliphatic heterocycles. The van der Waals surface area contributed by atoms with Crippen molar-refractivity contribution in [2.75, 3.05) is 20.3 Å². The molecule has 0 bridgehead atoms. The largest absolute Gasteiger partial charge is 0.453 e. The zero-order valence-electron chi connectivity index (χ0n) is 22.9. The van der Waals surface area contributed by atoms with Crippen LogP contribution in [0.1, 0.15) is 55.7 Å². The van der Waals surface area contributed by atoms with Crippen molar-refractivity contribution < 1.29 is 46.2 Å². The number of carbonyl (C=O) groups is 3. The summed E-state index contributed by atoms with van der Waals surface area (Å²) in [5.74, 6) is -4.89. The molecule has 3 aromatic carbocycles. The Kier molecular flexibility index (Phi) is 8.05. The first kappa shape index (κ1) is 29.5. The molecule has 0 atom stereocenters. The van der Waals surface area contributed by atoms with Gasteiger partial charge in [0, 0.05) is 26.3 Å². The van der Waals surface area contributed by atoms with Gasteiger partial charge in [-0.15, -0.1) is 0 Å². The molecule has 0 unspecified atom stereocenters. The number of rotatable bonds is 9. The van der Waals surface area contributed by atoms with Crippen LogP contribution in [-0.4, -0.2) is 42.9 Å². The van der Waals surface area contributed by atoms with Gasteiger partial charge in [-0.05, 0) is 60.9 Å². The summed E-state index contributed by atoms with van der Waals surface area (Å²) < 4.78 is 62.5. The number of aryl methyl sites for hydroxylation is 1. The fourth-order valence-corrected chi connectivity index (χ4v) is 4.56. The second-order valence-electron chi connectivity index (χ2n) is 9.60. The predicted molar refractivity (Wildman–Crippen MR) is 147 cm³/mol. The highest BCUT2D eigenvalue weighted by Gasteiger charge is 2.41. The fraction of sp³-hybridized carbons (Fsp3) is 0.226. The number of imide groups is 1. The van der Waals surface area contributed by atoms with Gasteiger partial charge in [0.15, 0.2) is 0 Å². The first-order chi connectivity index (χ1) is 20.5. The normalized spacial score (nSPS) is 13.0. The molecule has 0 saturated carbocycles. The molecule has 5 rings (SSSR count). The summed E-state index contributed by atoms with van der Waals surface area (Å²) in [6.45, 7) is 2.40. The van der Waals surface area contributed by atoms with Gasteiger partial charge in [0.25, 0.3) is 17.6 Å². The summed E-state index contributed by atoms with van der Waals surface area (Å²) in [6.07, 6.45) is -3.94. The van der Waals surface area contributed by atoms with Crippen molar-refractivity contribution in [3.05, 3.63) is 98.9 Å². The van der Waals surface area contributed by atoms with Crippen molar-refractivity contribution in [3.8, 4) is 17.2 Å². The first-order valence-corrected chi connectivity index (χ1v) is 13.2. The van der Waals surface area contributed by atoms with Crippen molar-refractivity contribution in [2.45, 2.75) is 25.9 Å². The van der Waals surface area contributed by atoms with Crippen LogP contribution in [0.2, 0.25) is 0 Å². The van der Waals surface area contributed by atoms with Gasteiger partial charge in [-0.1, -0.05) is 19.1 Å². The van der Waals surface area contributed by atoms with E-state index in [1.807, 2.05) is 6.92 Å². The van der Waals surface area contributed by atoms with E-state index in [-0.39, 0.29) is 40.1 Å². The molecule has 0 N–H and O–H groups in total. The van der Waals surface area contributed by atoms with Crippen LogP contribution in [0.15, 0.2) is 69.9 Å². The Morgan fingerprint density at radius 3 is 2.28 bits per heavy atom. The molecule has 1 aliphatic rings. The van der Waals surface area contributed by atoms with Crippen molar-refractivity contribution >= 4 is 28.8 Å². The summed E-state index contributed by atoms with van der Waals surface area (Å²) in [6, 6.07) is 13.4. The van der Waals surface area contributed by atoms with Crippen LogP contribution in [0.4, 0.5) is 13.2 Å². The number of alkyl halides is 3. The highest BCUT2D eigenvalue weighted by Crippen LogP contribution is 2.39. The molecule has 9 nitrogen and oxygen atoms in total. The number of methoxy groups -OCH3 is 1. The maximum atomic E-state index is 13.9. The average Bonchev–Trinajstić information content (AvgIpc) is 3.22. The van der Waals surface area contributed by atoms with Gasteiger partial charge in [0.1, 0.15) is 17.1 Å². The van der Waals surface area contributed by atoms with Gasteiger partial charge in [-0.2, -0.15) is 13.2 Å². The van der Waals surface area contributed by atoms with E-state index in [0.29, 0.717) is 19.4 Å². The van der Waals surface area contributed by atoms with Gasteiger partial charge in [0.05, 0.1) is 22.1 Å². The van der Waals surface area contributed by atoms with Crippen LogP contribution in [0.25, 0.3) is 11.0 Å². The van der Waals surface area contributed by atoms with E-state index in [2.05, 4.69) is 0 Å². The molecule has 0 fully saturated rings. The number of esters is 1. The molecule has 2 amide bonds. The Hall–Kier alpha value is -4.97. The Morgan fingerprint density at radius 1 is 0.907 bits per heavy atom. The number of fused-ring (bicyclic) bond motifs is 2. The number of carbonyl (C=O) groups excluding carboxylic acids is 3. The zero-order chi connectivity index (χ0) is 30.9. The summed E-state index contributed by atoms with van der Waals surface area (Å²) >= 11 is 0. The minimum atomic E-state index is -5.08. The SMILES string of the molecule is CCc1ccc(Oc2c(C(F)(F)F)oc3cc(OC(=O)c4ccc5c(c4)C(=O)N(CCCOC)C5=O)ccc3c2=O)cc1. The van der Waals surface area contributed by atoms with E-state index in [9.17, 15) is 32.3 Å². The molecule has 0 radical (unpaired) electrons. The third kappa shape index (κ3) is 5.86. The van der Waals surface area contributed by atoms with Crippen LogP contribution < -0.4 is 14.9 Å². The molecule has 0 spiro atoms. The van der Waals surface area contributed by atoms with E-state index in [0.717, 1.165) is 22.6 Å². The second-order valence-corrected chi connectivity index (χ2v) is 9.60. The number of nitrogens with zero attached hydrogens (tertiary/aromatic N) is 1. The molecule has 43 heavy (non-hydrogen) atoms. The van der Waals surface area contributed by atoms with Crippen LogP contribution in [0.5, 0.6) is 17.2 Å². The number of hydrogen-bond acceptors (Lipinski definition) is 8. The van der Waals surface area contributed by atoms with Crippen LogP contribution >= 0.6 is 0 Å². The van der Waals surface area contributed by atoms with Crippen molar-refractivity contribution in [1.82, 2.24) is 4.90 Å². The lowest BCUT2D eigenvalue weighted by Gasteiger charge is -2.14. The van der Waals surface area contributed by atoms with Crippen LogP contribution in [-0.2, 0) is 17.3 Å². The zero-order valence-corrected chi connectivity index (χ0v) is 22.9. The second kappa shape index (κ2) is 11.7. The minimum Gasteiger partial charge on any atom is -0.449 e. The topological polar surface area (TPSA) is 112 Å². The van der Waals surface area contributed by atoms with Gasteiger partial charge in [0.2, 0.25) is 11.2 Å². The smallest absolute Gasteiger partial charge is 0.449 e. The van der Waals surface area contributed by atoms with Gasteiger partial charge < -0.3 is 18.6 Å². The standard InChI is InChI=1S/C31H24F3NO8/c1-3-17-5-8-19(9-6-17)41-26-25(36)22-12-10-20(16-24(22)43-27(26)31(32,33)34)42-30(39)18-7-11-21-23(15-18)29(38)35(28(21)37)13-4-14-40-2/h5-12,15-16H,3-4,13-14H2,1-2H3. The Labute approximate surface area is 242 Å². The molecule has 1 aromatic heterocycles. The summed E-state index contributed by atoms with van der Waals surface area (Å²) in [7, 11) is 1.50. The van der Waals surface area contributed by atoms with E-state index in [1.165, 1.54) is 43.5 Å². The van der Waals surface area contributed by atoms with Crippen molar-refractivity contribution in [1.29, 1.82) is 0 Å². The number of amides is 2. The van der Waals surface area contributed by atoms with Crippen LogP contribution in [0.3, 0.4) is 0 Å². The maximum Gasteiger partial charge on any atom is 0.453 e. The summed E-state index contributed by atoms with van der Waals surface area (Å²) in [5, 5.41) is -0.233. The molecular weight excluding hydrogens is 571 g/mol. The van der Waals surface area contributed by atoms with Crippen LogP contribution in [0, 0.1) is 0 Å². The lowest BCUT2D eigenvalue weighted by molar-refractivity contribution is -0.154. The third-order valence-electron chi connectivity index (χ3n) is 6.78. The Morgan fingerprint density at radius 2 is 1.60 bits per heavy atom. The molecule has 2 heterocycles. The number of ether oxygens (including phenoxy) is 3. The van der Waals surface area contributed by atoms with E-state index in [4.69, 9.17) is 18.6 Å². The number of hydrogen-bond donors (Lipinski definition) is 0. The molecule has 12 heteroatoms. The molecular formula is C31H24F3NO8. The van der Waals surface area contributed by atoms with Crippen molar-refractivity contribution in [3.63, 3.8) is 0 Å². The summed E-state index contributed by atoms with van der Waals surface area (Å²) in [5.41, 5.74) is -0.552. The summed E-state index contributed by atoms with van der Waals surface area (Å²) in [4.78, 5) is 52.4. The van der Waals surface area contributed by atoms with E-state index < -0.39 is 46.5 Å². The third-order valence-corrected chi connectivity index (χ3v) is 6.78. The molecule has 222 valence electrons. The predicted octanol–water partition coefficient (Wildman–Crippen LogP) is 6.02. The van der Waals surface area contributed by atoms with E-state index >= 15 is 0 Å². The minimum absolute atomic E-state index is 0.0209. The quantitative estimate of drug-likeness (QED) is 0.100. The Bertz CT molecular complexity index is 1790.